The molecule has 25 heavy (non-hydrogen) atoms. The summed E-state index contributed by atoms with van der Waals surface area (Å²) in [6, 6.07) is 0. The SMILES string of the molecule is CCOC(=O)NN(C(=O)OCC)/C(C(=O)OCC)=C1\CCCCCN1. The minimum atomic E-state index is -0.892. The third kappa shape index (κ3) is 6.52. The second kappa shape index (κ2) is 11.2. The Morgan fingerprint density at radius 1 is 1.00 bits per heavy atom. The fourth-order valence-electron chi connectivity index (χ4n) is 2.32. The van der Waals surface area contributed by atoms with Gasteiger partial charge in [0, 0.05) is 12.2 Å². The van der Waals surface area contributed by atoms with Crippen molar-refractivity contribution in [2.45, 2.75) is 46.5 Å². The minimum Gasteiger partial charge on any atom is -0.461 e. The van der Waals surface area contributed by atoms with E-state index in [1.807, 2.05) is 0 Å². The highest BCUT2D eigenvalue weighted by molar-refractivity contribution is 5.93. The summed E-state index contributed by atoms with van der Waals surface area (Å²) in [4.78, 5) is 36.6. The average molecular weight is 357 g/mol. The predicted molar refractivity (Wildman–Crippen MR) is 89.1 cm³/mol. The predicted octanol–water partition coefficient (Wildman–Crippen LogP) is 2.04. The van der Waals surface area contributed by atoms with E-state index in [9.17, 15) is 14.4 Å². The number of allylic oxidation sites excluding steroid dienone is 1. The third-order valence-corrected chi connectivity index (χ3v) is 3.35. The van der Waals surface area contributed by atoms with Gasteiger partial charge in [-0.2, -0.15) is 5.01 Å². The molecule has 1 fully saturated rings. The summed E-state index contributed by atoms with van der Waals surface area (Å²) in [7, 11) is 0. The molecule has 9 nitrogen and oxygen atoms in total. The van der Waals surface area contributed by atoms with Gasteiger partial charge in [-0.3, -0.25) is 0 Å². The lowest BCUT2D eigenvalue weighted by atomic mass is 10.1. The number of carbonyl (C=O) groups excluding carboxylic acids is 3. The van der Waals surface area contributed by atoms with Crippen molar-refractivity contribution in [1.82, 2.24) is 15.8 Å². The molecular formula is C16H27N3O6. The summed E-state index contributed by atoms with van der Waals surface area (Å²) in [5, 5.41) is 3.90. The van der Waals surface area contributed by atoms with E-state index in [4.69, 9.17) is 14.2 Å². The van der Waals surface area contributed by atoms with Gasteiger partial charge in [0.15, 0.2) is 5.70 Å². The molecule has 1 saturated heterocycles. The van der Waals surface area contributed by atoms with Crippen molar-refractivity contribution in [3.8, 4) is 0 Å². The van der Waals surface area contributed by atoms with E-state index in [2.05, 4.69) is 10.7 Å². The molecule has 0 aromatic carbocycles. The zero-order valence-electron chi connectivity index (χ0n) is 15.1. The molecular weight excluding hydrogens is 330 g/mol. The van der Waals surface area contributed by atoms with E-state index in [0.29, 0.717) is 18.7 Å². The van der Waals surface area contributed by atoms with E-state index in [1.54, 1.807) is 20.8 Å². The van der Waals surface area contributed by atoms with Crippen molar-refractivity contribution < 1.29 is 28.6 Å². The second-order valence-corrected chi connectivity index (χ2v) is 5.15. The van der Waals surface area contributed by atoms with Crippen LogP contribution in [0.25, 0.3) is 0 Å². The molecule has 0 atom stereocenters. The van der Waals surface area contributed by atoms with Crippen LogP contribution in [0.2, 0.25) is 0 Å². The number of ether oxygens (including phenoxy) is 3. The highest BCUT2D eigenvalue weighted by atomic mass is 16.6. The van der Waals surface area contributed by atoms with Crippen molar-refractivity contribution in [1.29, 1.82) is 0 Å². The normalized spacial score (nSPS) is 16.0. The van der Waals surface area contributed by atoms with Gasteiger partial charge in [-0.15, -0.1) is 0 Å². The Bertz CT molecular complexity index is 496. The molecule has 142 valence electrons. The monoisotopic (exact) mass is 357 g/mol. The van der Waals surface area contributed by atoms with Crippen LogP contribution in [-0.2, 0) is 19.0 Å². The van der Waals surface area contributed by atoms with Gasteiger partial charge in [0.25, 0.3) is 0 Å². The average Bonchev–Trinajstić information content (AvgIpc) is 2.84. The molecule has 0 spiro atoms. The van der Waals surface area contributed by atoms with Crippen molar-refractivity contribution in [2.24, 2.45) is 0 Å². The summed E-state index contributed by atoms with van der Waals surface area (Å²) in [5.74, 6) is -0.725. The first-order valence-electron chi connectivity index (χ1n) is 8.59. The summed E-state index contributed by atoms with van der Waals surface area (Å²) >= 11 is 0. The summed E-state index contributed by atoms with van der Waals surface area (Å²) in [6.07, 6.45) is 1.58. The van der Waals surface area contributed by atoms with Gasteiger partial charge >= 0.3 is 18.2 Å². The van der Waals surface area contributed by atoms with E-state index in [0.717, 1.165) is 24.3 Å². The molecule has 2 amide bonds. The number of hydrazine groups is 1. The van der Waals surface area contributed by atoms with Crippen LogP contribution in [0.5, 0.6) is 0 Å². The topological polar surface area (TPSA) is 106 Å². The van der Waals surface area contributed by atoms with Crippen LogP contribution in [0, 0.1) is 0 Å². The first-order chi connectivity index (χ1) is 12.0. The number of nitrogens with one attached hydrogen (secondary N) is 2. The van der Waals surface area contributed by atoms with Crippen molar-refractivity contribution in [3.05, 3.63) is 11.4 Å². The van der Waals surface area contributed by atoms with Crippen molar-refractivity contribution >= 4 is 18.2 Å². The zero-order chi connectivity index (χ0) is 18.7. The highest BCUT2D eigenvalue weighted by Gasteiger charge is 2.32. The molecule has 0 unspecified atom stereocenters. The maximum absolute atomic E-state index is 12.5. The fraction of sp³-hybridized carbons (Fsp3) is 0.688. The molecule has 0 aromatic heterocycles. The number of rotatable bonds is 5. The van der Waals surface area contributed by atoms with Gasteiger partial charge in [0.05, 0.1) is 19.8 Å². The van der Waals surface area contributed by atoms with Crippen LogP contribution in [0.1, 0.15) is 46.5 Å². The fourth-order valence-corrected chi connectivity index (χ4v) is 2.32. The molecule has 9 heteroatoms. The largest absolute Gasteiger partial charge is 0.461 e. The molecule has 0 saturated carbocycles. The minimum absolute atomic E-state index is 0.0820. The van der Waals surface area contributed by atoms with E-state index >= 15 is 0 Å². The molecule has 1 heterocycles. The number of amides is 2. The van der Waals surface area contributed by atoms with Gasteiger partial charge in [0.1, 0.15) is 0 Å². The Morgan fingerprint density at radius 2 is 1.68 bits per heavy atom. The Morgan fingerprint density at radius 3 is 2.32 bits per heavy atom. The van der Waals surface area contributed by atoms with Crippen LogP contribution in [0.3, 0.4) is 0 Å². The Balaban J connectivity index is 3.24. The second-order valence-electron chi connectivity index (χ2n) is 5.15. The zero-order valence-corrected chi connectivity index (χ0v) is 15.1. The van der Waals surface area contributed by atoms with Crippen molar-refractivity contribution in [3.63, 3.8) is 0 Å². The third-order valence-electron chi connectivity index (χ3n) is 3.35. The number of hydrogen-bond acceptors (Lipinski definition) is 7. The highest BCUT2D eigenvalue weighted by Crippen LogP contribution is 2.19. The molecule has 1 aliphatic heterocycles. The van der Waals surface area contributed by atoms with Crippen molar-refractivity contribution in [2.75, 3.05) is 26.4 Å². The van der Waals surface area contributed by atoms with E-state index in [-0.39, 0.29) is 25.5 Å². The van der Waals surface area contributed by atoms with Crippen LogP contribution < -0.4 is 10.7 Å². The molecule has 1 aliphatic rings. The lowest BCUT2D eigenvalue weighted by Gasteiger charge is -2.25. The Kier molecular flexibility index (Phi) is 9.20. The Hall–Kier alpha value is -2.45. The van der Waals surface area contributed by atoms with Crippen LogP contribution in [0.4, 0.5) is 9.59 Å². The van der Waals surface area contributed by atoms with Crippen LogP contribution in [0.15, 0.2) is 11.4 Å². The van der Waals surface area contributed by atoms with Gasteiger partial charge in [-0.1, -0.05) is 6.42 Å². The maximum atomic E-state index is 12.5. The van der Waals surface area contributed by atoms with Gasteiger partial charge in [-0.05, 0) is 40.0 Å². The lowest BCUT2D eigenvalue weighted by molar-refractivity contribution is -0.140. The van der Waals surface area contributed by atoms with Crippen LogP contribution >= 0.6 is 0 Å². The van der Waals surface area contributed by atoms with Gasteiger partial charge in [0.2, 0.25) is 0 Å². The summed E-state index contributed by atoms with van der Waals surface area (Å²) in [5.41, 5.74) is 2.70. The first kappa shape index (κ1) is 20.6. The molecule has 0 bridgehead atoms. The number of nitrogens with zero attached hydrogens (tertiary/aromatic N) is 1. The van der Waals surface area contributed by atoms with Gasteiger partial charge < -0.3 is 19.5 Å². The molecule has 1 rings (SSSR count). The van der Waals surface area contributed by atoms with E-state index < -0.39 is 18.2 Å². The number of hydrogen-bond donors (Lipinski definition) is 2. The quantitative estimate of drug-likeness (QED) is 0.336. The van der Waals surface area contributed by atoms with Gasteiger partial charge in [-0.25, -0.2) is 19.8 Å². The number of carbonyl (C=O) groups is 3. The Labute approximate surface area is 147 Å². The number of esters is 1. The standard InChI is InChI=1S/C16H27N3O6/c1-4-23-14(20)13(12-10-8-7-9-11-17-12)19(16(22)25-6-3)18-15(21)24-5-2/h17H,4-11H2,1-3H3,(H,18,21)/b13-12+. The maximum Gasteiger partial charge on any atom is 0.433 e. The first-order valence-corrected chi connectivity index (χ1v) is 8.59. The lowest BCUT2D eigenvalue weighted by Crippen LogP contribution is -2.49. The summed E-state index contributed by atoms with van der Waals surface area (Å²) < 4.78 is 14.8. The molecule has 0 radical (unpaired) electrons. The van der Waals surface area contributed by atoms with E-state index in [1.165, 1.54) is 0 Å². The smallest absolute Gasteiger partial charge is 0.433 e. The molecule has 0 aliphatic carbocycles. The molecule has 2 N–H and O–H groups in total. The molecule has 0 aromatic rings. The van der Waals surface area contributed by atoms with Crippen LogP contribution in [-0.4, -0.2) is 49.5 Å². The summed E-state index contributed by atoms with van der Waals surface area (Å²) in [6.45, 7) is 5.91.